The van der Waals surface area contributed by atoms with Crippen LogP contribution in [0.15, 0.2) is 85.1 Å². The Bertz CT molecular complexity index is 1320. The third-order valence-corrected chi connectivity index (χ3v) is 12.1. The van der Waals surface area contributed by atoms with Crippen LogP contribution in [0, 0.1) is 0 Å². The van der Waals surface area contributed by atoms with Gasteiger partial charge in [0.25, 0.3) is 0 Å². The normalized spacial score (nSPS) is 12.7. The van der Waals surface area contributed by atoms with Crippen molar-refractivity contribution in [3.63, 3.8) is 0 Å². The van der Waals surface area contributed by atoms with Crippen LogP contribution in [0.2, 0.25) is 0 Å². The standard InChI is InChI=1S/C62H106O6/c1-4-7-10-13-16-19-22-25-28-30-31-32-35-37-40-43-46-49-52-55-61(64)67-58-59(57-66-60(63)54-51-48-45-42-39-36-33-27-24-21-18-15-12-9-6-3)68-62(65)56-53-50-47-44-41-38-34-29-26-23-20-17-14-11-8-5-2/h7-8,10-11,16-17,19-21,24-26,28-29,59H,4-6,9,12-15,18,22-23,27,30-58H2,1-3H3/b10-7-,11-8-,19-16-,20-17-,24-21-,28-25-,29-26-. The highest BCUT2D eigenvalue weighted by molar-refractivity contribution is 5.71. The van der Waals surface area contributed by atoms with E-state index in [1.807, 2.05) is 0 Å². The van der Waals surface area contributed by atoms with E-state index >= 15 is 0 Å². The van der Waals surface area contributed by atoms with Gasteiger partial charge in [-0.15, -0.1) is 0 Å². The lowest BCUT2D eigenvalue weighted by Gasteiger charge is -2.18. The number of ether oxygens (including phenoxy) is 3. The van der Waals surface area contributed by atoms with Gasteiger partial charge in [-0.25, -0.2) is 0 Å². The molecule has 0 N–H and O–H groups in total. The summed E-state index contributed by atoms with van der Waals surface area (Å²) in [5.41, 5.74) is 0. The zero-order chi connectivity index (χ0) is 49.3. The Morgan fingerprint density at radius 2 is 0.574 bits per heavy atom. The maximum atomic E-state index is 12.9. The van der Waals surface area contributed by atoms with Crippen LogP contribution in [0.4, 0.5) is 0 Å². The lowest BCUT2D eigenvalue weighted by molar-refractivity contribution is -0.167. The van der Waals surface area contributed by atoms with Gasteiger partial charge in [-0.2, -0.15) is 0 Å². The van der Waals surface area contributed by atoms with Crippen LogP contribution in [0.25, 0.3) is 0 Å². The SMILES string of the molecule is CC/C=C\C/C=C\C/C=C\CCCCCCCCCCCC(=O)OCC(COC(=O)CCCCCCCCC/C=C\CCCCCC)OC(=O)CCCCCCCC/C=C\C/C=C\C/C=C\CC. The summed E-state index contributed by atoms with van der Waals surface area (Å²) in [6, 6.07) is 0. The fraction of sp³-hybridized carbons (Fsp3) is 0.726. The first-order chi connectivity index (χ1) is 33.5. The number of esters is 3. The van der Waals surface area contributed by atoms with Crippen LogP contribution in [0.3, 0.4) is 0 Å². The second-order valence-corrected chi connectivity index (χ2v) is 18.8. The molecule has 0 heterocycles. The number of hydrogen-bond donors (Lipinski definition) is 0. The summed E-state index contributed by atoms with van der Waals surface area (Å²) in [7, 11) is 0. The molecule has 0 saturated carbocycles. The highest BCUT2D eigenvalue weighted by Gasteiger charge is 2.19. The topological polar surface area (TPSA) is 78.9 Å². The first-order valence-corrected chi connectivity index (χ1v) is 28.6. The Kier molecular flexibility index (Phi) is 53.4. The van der Waals surface area contributed by atoms with E-state index in [-0.39, 0.29) is 31.1 Å². The predicted octanol–water partition coefficient (Wildman–Crippen LogP) is 19.2. The van der Waals surface area contributed by atoms with Crippen LogP contribution in [-0.4, -0.2) is 37.2 Å². The van der Waals surface area contributed by atoms with E-state index in [4.69, 9.17) is 14.2 Å². The first-order valence-electron chi connectivity index (χ1n) is 28.6. The molecule has 0 saturated heterocycles. The van der Waals surface area contributed by atoms with E-state index in [0.29, 0.717) is 19.3 Å². The monoisotopic (exact) mass is 947 g/mol. The van der Waals surface area contributed by atoms with Gasteiger partial charge in [-0.05, 0) is 109 Å². The molecule has 0 bridgehead atoms. The summed E-state index contributed by atoms with van der Waals surface area (Å²) in [6.07, 6.45) is 72.8. The van der Waals surface area contributed by atoms with Crippen LogP contribution < -0.4 is 0 Å². The summed E-state index contributed by atoms with van der Waals surface area (Å²) in [6.45, 7) is 6.40. The fourth-order valence-electron chi connectivity index (χ4n) is 7.88. The molecule has 0 aromatic rings. The van der Waals surface area contributed by atoms with Gasteiger partial charge in [0.1, 0.15) is 13.2 Å². The van der Waals surface area contributed by atoms with E-state index < -0.39 is 6.10 Å². The summed E-state index contributed by atoms with van der Waals surface area (Å²) in [4.78, 5) is 38.2. The van der Waals surface area contributed by atoms with Crippen LogP contribution in [-0.2, 0) is 28.6 Å². The summed E-state index contributed by atoms with van der Waals surface area (Å²) in [5, 5.41) is 0. The molecule has 6 nitrogen and oxygen atoms in total. The lowest BCUT2D eigenvalue weighted by atomic mass is 10.1. The van der Waals surface area contributed by atoms with Crippen molar-refractivity contribution in [3.8, 4) is 0 Å². The van der Waals surface area contributed by atoms with Crippen molar-refractivity contribution in [1.29, 1.82) is 0 Å². The van der Waals surface area contributed by atoms with Crippen molar-refractivity contribution in [2.24, 2.45) is 0 Å². The molecule has 6 heteroatoms. The minimum Gasteiger partial charge on any atom is -0.462 e. The lowest BCUT2D eigenvalue weighted by Crippen LogP contribution is -2.30. The van der Waals surface area contributed by atoms with Crippen molar-refractivity contribution in [2.75, 3.05) is 13.2 Å². The molecule has 0 amide bonds. The second-order valence-electron chi connectivity index (χ2n) is 18.8. The molecule has 0 aromatic heterocycles. The smallest absolute Gasteiger partial charge is 0.306 e. The molecule has 0 radical (unpaired) electrons. The molecule has 1 atom stereocenters. The van der Waals surface area contributed by atoms with E-state index in [1.165, 1.54) is 122 Å². The molecule has 0 rings (SSSR count). The van der Waals surface area contributed by atoms with Crippen LogP contribution >= 0.6 is 0 Å². The van der Waals surface area contributed by atoms with Gasteiger partial charge in [-0.3, -0.25) is 14.4 Å². The average Bonchev–Trinajstić information content (AvgIpc) is 3.34. The highest BCUT2D eigenvalue weighted by Crippen LogP contribution is 2.15. The first kappa shape index (κ1) is 64.6. The van der Waals surface area contributed by atoms with Gasteiger partial charge in [0, 0.05) is 19.3 Å². The zero-order valence-corrected chi connectivity index (χ0v) is 44.6. The molecule has 68 heavy (non-hydrogen) atoms. The molecule has 390 valence electrons. The quantitative estimate of drug-likeness (QED) is 0.0262. The number of carbonyl (C=O) groups is 3. The van der Waals surface area contributed by atoms with E-state index in [1.54, 1.807) is 0 Å². The number of carbonyl (C=O) groups excluding carboxylic acids is 3. The number of unbranched alkanes of at least 4 members (excludes halogenated alkanes) is 26. The fourth-order valence-corrected chi connectivity index (χ4v) is 7.88. The van der Waals surface area contributed by atoms with E-state index in [0.717, 1.165) is 109 Å². The van der Waals surface area contributed by atoms with Gasteiger partial charge in [0.15, 0.2) is 6.10 Å². The number of allylic oxidation sites excluding steroid dienone is 14. The van der Waals surface area contributed by atoms with Crippen molar-refractivity contribution in [2.45, 2.75) is 277 Å². The zero-order valence-electron chi connectivity index (χ0n) is 44.6. The van der Waals surface area contributed by atoms with Gasteiger partial charge in [-0.1, -0.05) is 228 Å². The Hall–Kier alpha value is -3.41. The van der Waals surface area contributed by atoms with Gasteiger partial charge >= 0.3 is 17.9 Å². The molecule has 0 fully saturated rings. The summed E-state index contributed by atoms with van der Waals surface area (Å²) < 4.78 is 16.9. The Balaban J connectivity index is 4.40. The second kappa shape index (κ2) is 56.2. The van der Waals surface area contributed by atoms with Crippen molar-refractivity contribution >= 4 is 17.9 Å². The average molecular weight is 948 g/mol. The maximum Gasteiger partial charge on any atom is 0.306 e. The molecule has 0 aliphatic heterocycles. The molecule has 0 aromatic carbocycles. The van der Waals surface area contributed by atoms with Crippen LogP contribution in [0.5, 0.6) is 0 Å². The molecular weight excluding hydrogens is 841 g/mol. The van der Waals surface area contributed by atoms with Gasteiger partial charge in [0.05, 0.1) is 0 Å². The Labute approximate surface area is 420 Å². The Morgan fingerprint density at radius 3 is 0.912 bits per heavy atom. The molecule has 0 aliphatic carbocycles. The Morgan fingerprint density at radius 1 is 0.309 bits per heavy atom. The molecule has 0 aliphatic rings. The molecular formula is C62H106O6. The van der Waals surface area contributed by atoms with Crippen LogP contribution in [0.1, 0.15) is 271 Å². The minimum atomic E-state index is -0.788. The predicted molar refractivity (Wildman–Crippen MR) is 293 cm³/mol. The van der Waals surface area contributed by atoms with E-state index in [9.17, 15) is 14.4 Å². The van der Waals surface area contributed by atoms with Crippen molar-refractivity contribution in [1.82, 2.24) is 0 Å². The van der Waals surface area contributed by atoms with Crippen molar-refractivity contribution < 1.29 is 28.6 Å². The molecule has 1 unspecified atom stereocenters. The highest BCUT2D eigenvalue weighted by atomic mass is 16.6. The van der Waals surface area contributed by atoms with Crippen molar-refractivity contribution in [3.05, 3.63) is 85.1 Å². The number of rotatable bonds is 51. The van der Waals surface area contributed by atoms with Gasteiger partial charge < -0.3 is 14.2 Å². The van der Waals surface area contributed by atoms with E-state index in [2.05, 4.69) is 106 Å². The minimum absolute atomic E-state index is 0.0855. The number of hydrogen-bond acceptors (Lipinski definition) is 6. The summed E-state index contributed by atoms with van der Waals surface area (Å²) in [5.74, 6) is -0.902. The molecule has 0 spiro atoms. The third kappa shape index (κ3) is 53.5. The van der Waals surface area contributed by atoms with Gasteiger partial charge in [0.2, 0.25) is 0 Å². The summed E-state index contributed by atoms with van der Waals surface area (Å²) >= 11 is 0. The largest absolute Gasteiger partial charge is 0.462 e. The maximum absolute atomic E-state index is 12.9. The third-order valence-electron chi connectivity index (χ3n) is 12.1.